The maximum atomic E-state index is 12.6. The molecule has 0 saturated carbocycles. The van der Waals surface area contributed by atoms with Crippen molar-refractivity contribution in [3.63, 3.8) is 0 Å². The van der Waals surface area contributed by atoms with Crippen molar-refractivity contribution in [2.45, 2.75) is 13.0 Å². The van der Waals surface area contributed by atoms with E-state index in [-0.39, 0.29) is 6.04 Å². The Labute approximate surface area is 193 Å². The molecule has 0 unspecified atom stereocenters. The number of hydrogen-bond donors (Lipinski definition) is 2. The van der Waals surface area contributed by atoms with E-state index in [1.807, 2.05) is 25.1 Å². The molecule has 0 aliphatic carbocycles. The van der Waals surface area contributed by atoms with Crippen molar-refractivity contribution in [3.05, 3.63) is 72.3 Å². The minimum atomic E-state index is -0.696. The third kappa shape index (κ3) is 5.69. The quantitative estimate of drug-likeness (QED) is 0.543. The monoisotopic (exact) mass is 447 g/mol. The Morgan fingerprint density at radius 3 is 2.45 bits per heavy atom. The van der Waals surface area contributed by atoms with E-state index >= 15 is 0 Å². The lowest BCUT2D eigenvalue weighted by Gasteiger charge is -2.35. The van der Waals surface area contributed by atoms with E-state index in [0.717, 1.165) is 29.4 Å². The average Bonchev–Trinajstić information content (AvgIpc) is 2.86. The lowest BCUT2D eigenvalue weighted by atomic mass is 9.97. The Hall–Kier alpha value is -3.42. The summed E-state index contributed by atoms with van der Waals surface area (Å²) in [6.07, 6.45) is 0. The molecule has 0 aromatic heterocycles. The van der Waals surface area contributed by atoms with Gasteiger partial charge in [0.15, 0.2) is 0 Å². The summed E-state index contributed by atoms with van der Waals surface area (Å²) in [7, 11) is 0. The van der Waals surface area contributed by atoms with Gasteiger partial charge in [-0.25, -0.2) is 0 Å². The van der Waals surface area contributed by atoms with Gasteiger partial charge in [0, 0.05) is 25.3 Å². The maximum Gasteiger partial charge on any atom is 0.313 e. The molecule has 7 nitrogen and oxygen atoms in total. The summed E-state index contributed by atoms with van der Waals surface area (Å²) in [5.74, 6) is -0.649. The lowest BCUT2D eigenvalue weighted by molar-refractivity contribution is -0.136. The molecular formula is C26H29N3O4. The van der Waals surface area contributed by atoms with Gasteiger partial charge in [-0.2, -0.15) is 0 Å². The Morgan fingerprint density at radius 1 is 0.970 bits per heavy atom. The Kier molecular flexibility index (Phi) is 7.55. The molecule has 3 aromatic carbocycles. The van der Waals surface area contributed by atoms with Crippen molar-refractivity contribution in [1.82, 2.24) is 10.2 Å². The highest BCUT2D eigenvalue weighted by Crippen LogP contribution is 2.28. The predicted molar refractivity (Wildman–Crippen MR) is 128 cm³/mol. The number of rotatable bonds is 7. The van der Waals surface area contributed by atoms with Crippen LogP contribution in [0.4, 0.5) is 5.69 Å². The second-order valence-electron chi connectivity index (χ2n) is 7.85. The summed E-state index contributed by atoms with van der Waals surface area (Å²) >= 11 is 0. The minimum Gasteiger partial charge on any atom is -0.494 e. The number of amides is 2. The van der Waals surface area contributed by atoms with E-state index < -0.39 is 11.8 Å². The average molecular weight is 448 g/mol. The van der Waals surface area contributed by atoms with Gasteiger partial charge in [-0.1, -0.05) is 42.5 Å². The van der Waals surface area contributed by atoms with E-state index in [4.69, 9.17) is 9.47 Å². The molecule has 0 spiro atoms. The summed E-state index contributed by atoms with van der Waals surface area (Å²) in [6, 6.07) is 21.3. The van der Waals surface area contributed by atoms with Gasteiger partial charge in [0.2, 0.25) is 0 Å². The van der Waals surface area contributed by atoms with Crippen LogP contribution in [-0.4, -0.2) is 56.2 Å². The first-order valence-electron chi connectivity index (χ1n) is 11.3. The van der Waals surface area contributed by atoms with Crippen LogP contribution in [0.3, 0.4) is 0 Å². The molecule has 1 heterocycles. The van der Waals surface area contributed by atoms with Crippen molar-refractivity contribution in [3.8, 4) is 5.75 Å². The number of anilines is 1. The highest BCUT2D eigenvalue weighted by molar-refractivity contribution is 6.39. The number of morpholine rings is 1. The standard InChI is InChI=1S/C26H29N3O4/c1-2-33-21-12-10-20(11-13-21)28-26(31)25(30)27-18-24(29-14-16-32-17-15-29)23-9-5-7-19-6-3-4-8-22(19)23/h3-13,24H,2,14-18H2,1H3,(H,27,30)(H,28,31)/t24-/m0/s1. The molecule has 172 valence electrons. The van der Waals surface area contributed by atoms with E-state index in [2.05, 4.69) is 39.8 Å². The van der Waals surface area contributed by atoms with Crippen LogP contribution in [0.15, 0.2) is 66.7 Å². The van der Waals surface area contributed by atoms with Gasteiger partial charge in [0.05, 0.1) is 25.9 Å². The van der Waals surface area contributed by atoms with Gasteiger partial charge in [0.1, 0.15) is 5.75 Å². The summed E-state index contributed by atoms with van der Waals surface area (Å²) in [5, 5.41) is 7.77. The summed E-state index contributed by atoms with van der Waals surface area (Å²) in [4.78, 5) is 27.4. The molecule has 33 heavy (non-hydrogen) atoms. The molecule has 0 bridgehead atoms. The first kappa shape index (κ1) is 22.8. The third-order valence-electron chi connectivity index (χ3n) is 5.75. The molecular weight excluding hydrogens is 418 g/mol. The highest BCUT2D eigenvalue weighted by Gasteiger charge is 2.25. The summed E-state index contributed by atoms with van der Waals surface area (Å²) in [6.45, 7) is 5.62. The van der Waals surface area contributed by atoms with E-state index in [1.54, 1.807) is 24.3 Å². The topological polar surface area (TPSA) is 79.9 Å². The van der Waals surface area contributed by atoms with E-state index in [9.17, 15) is 9.59 Å². The van der Waals surface area contributed by atoms with Crippen molar-refractivity contribution in [2.24, 2.45) is 0 Å². The molecule has 0 radical (unpaired) electrons. The molecule has 2 N–H and O–H groups in total. The first-order valence-corrected chi connectivity index (χ1v) is 11.3. The van der Waals surface area contributed by atoms with Crippen LogP contribution >= 0.6 is 0 Å². The molecule has 1 fully saturated rings. The second-order valence-corrected chi connectivity index (χ2v) is 7.85. The van der Waals surface area contributed by atoms with Gasteiger partial charge < -0.3 is 20.1 Å². The van der Waals surface area contributed by atoms with Gasteiger partial charge in [-0.05, 0) is 47.5 Å². The molecule has 1 atom stereocenters. The molecule has 3 aromatic rings. The largest absolute Gasteiger partial charge is 0.494 e. The van der Waals surface area contributed by atoms with E-state index in [1.165, 1.54) is 0 Å². The van der Waals surface area contributed by atoms with Crippen LogP contribution in [0.1, 0.15) is 18.5 Å². The Balaban J connectivity index is 1.46. The van der Waals surface area contributed by atoms with Crippen molar-refractivity contribution in [1.29, 1.82) is 0 Å². The third-order valence-corrected chi connectivity index (χ3v) is 5.75. The number of benzene rings is 3. The zero-order valence-electron chi connectivity index (χ0n) is 18.8. The number of carbonyl (C=O) groups excluding carboxylic acids is 2. The van der Waals surface area contributed by atoms with Crippen LogP contribution in [0.25, 0.3) is 10.8 Å². The fourth-order valence-corrected chi connectivity index (χ4v) is 4.12. The zero-order valence-corrected chi connectivity index (χ0v) is 18.8. The Morgan fingerprint density at radius 2 is 1.70 bits per heavy atom. The van der Waals surface area contributed by atoms with Gasteiger partial charge in [-0.3, -0.25) is 14.5 Å². The van der Waals surface area contributed by atoms with Gasteiger partial charge in [0.25, 0.3) is 0 Å². The number of ether oxygens (including phenoxy) is 2. The van der Waals surface area contributed by atoms with Gasteiger partial charge >= 0.3 is 11.8 Å². The molecule has 1 aliphatic heterocycles. The van der Waals surface area contributed by atoms with Crippen molar-refractivity contribution < 1.29 is 19.1 Å². The minimum absolute atomic E-state index is 0.0674. The summed E-state index contributed by atoms with van der Waals surface area (Å²) in [5.41, 5.74) is 1.67. The SMILES string of the molecule is CCOc1ccc(NC(=O)C(=O)NC[C@@H](c2cccc3ccccc23)N2CCOCC2)cc1. The smallest absolute Gasteiger partial charge is 0.313 e. The normalized spacial score (nSPS) is 15.1. The first-order chi connectivity index (χ1) is 16.2. The maximum absolute atomic E-state index is 12.6. The predicted octanol–water partition coefficient (Wildman–Crippen LogP) is 3.37. The van der Waals surface area contributed by atoms with Crippen LogP contribution < -0.4 is 15.4 Å². The second kappa shape index (κ2) is 10.9. The van der Waals surface area contributed by atoms with Crippen LogP contribution in [-0.2, 0) is 14.3 Å². The molecule has 7 heteroatoms. The molecule has 1 saturated heterocycles. The van der Waals surface area contributed by atoms with Crippen LogP contribution in [0.5, 0.6) is 5.75 Å². The number of nitrogens with one attached hydrogen (secondary N) is 2. The number of nitrogens with zero attached hydrogens (tertiary/aromatic N) is 1. The fourth-order valence-electron chi connectivity index (χ4n) is 4.12. The Bertz CT molecular complexity index is 1090. The van der Waals surface area contributed by atoms with Crippen LogP contribution in [0, 0.1) is 0 Å². The zero-order chi connectivity index (χ0) is 23.0. The van der Waals surface area contributed by atoms with Gasteiger partial charge in [-0.15, -0.1) is 0 Å². The van der Waals surface area contributed by atoms with E-state index in [0.29, 0.717) is 37.8 Å². The molecule has 2 amide bonds. The van der Waals surface area contributed by atoms with Crippen molar-refractivity contribution in [2.75, 3.05) is 44.8 Å². The lowest BCUT2D eigenvalue weighted by Crippen LogP contribution is -2.45. The van der Waals surface area contributed by atoms with Crippen molar-refractivity contribution >= 4 is 28.3 Å². The fraction of sp³-hybridized carbons (Fsp3) is 0.308. The number of fused-ring (bicyclic) bond motifs is 1. The number of carbonyl (C=O) groups is 2. The molecule has 4 rings (SSSR count). The molecule has 1 aliphatic rings. The number of hydrogen-bond acceptors (Lipinski definition) is 5. The summed E-state index contributed by atoms with van der Waals surface area (Å²) < 4.78 is 10.9. The highest BCUT2D eigenvalue weighted by atomic mass is 16.5. The van der Waals surface area contributed by atoms with Crippen LogP contribution in [0.2, 0.25) is 0 Å².